The van der Waals surface area contributed by atoms with Crippen molar-refractivity contribution < 1.29 is 21.9 Å². The van der Waals surface area contributed by atoms with Gasteiger partial charge >= 0.3 is 0 Å². The van der Waals surface area contributed by atoms with Crippen molar-refractivity contribution in [1.29, 1.82) is 0 Å². The van der Waals surface area contributed by atoms with Crippen molar-refractivity contribution in [3.05, 3.63) is 29.8 Å². The first-order valence-corrected chi connectivity index (χ1v) is 10.8. The average Bonchev–Trinajstić information content (AvgIpc) is 2.46. The molecule has 0 amide bonds. The molecule has 1 aliphatic heterocycles. The molecule has 0 spiro atoms. The van der Waals surface area contributed by atoms with Crippen molar-refractivity contribution in [2.45, 2.75) is 16.9 Å². The van der Waals surface area contributed by atoms with Crippen LogP contribution in [0.15, 0.2) is 29.2 Å². The zero-order valence-electron chi connectivity index (χ0n) is 11.5. The van der Waals surface area contributed by atoms with E-state index in [2.05, 4.69) is 0 Å². The number of hydrogen-bond donors (Lipinski definition) is 1. The van der Waals surface area contributed by atoms with E-state index in [0.29, 0.717) is 11.3 Å². The summed E-state index contributed by atoms with van der Waals surface area (Å²) in [5.41, 5.74) is 0.600. The minimum Gasteiger partial charge on any atom is -0.392 e. The van der Waals surface area contributed by atoms with Gasteiger partial charge in [-0.05, 0) is 17.7 Å². The van der Waals surface area contributed by atoms with Gasteiger partial charge in [0, 0.05) is 24.3 Å². The highest BCUT2D eigenvalue weighted by molar-refractivity contribution is 8.01. The third-order valence-corrected chi connectivity index (χ3v) is 7.94. The highest BCUT2D eigenvalue weighted by Gasteiger charge is 2.39. The molecule has 1 atom stereocenters. The zero-order chi connectivity index (χ0) is 15.7. The lowest BCUT2D eigenvalue weighted by atomic mass is 10.2. The van der Waals surface area contributed by atoms with Gasteiger partial charge < -0.3 is 5.11 Å². The summed E-state index contributed by atoms with van der Waals surface area (Å²) in [4.78, 5) is 0.0419. The number of thioether (sulfide) groups is 1. The van der Waals surface area contributed by atoms with Crippen molar-refractivity contribution in [3.8, 4) is 0 Å². The summed E-state index contributed by atoms with van der Waals surface area (Å²) in [7, 11) is -7.35. The molecule has 1 aromatic rings. The number of nitrogens with zero attached hydrogens (tertiary/aromatic N) is 1. The van der Waals surface area contributed by atoms with Gasteiger partial charge in [-0.15, -0.1) is 0 Å². The first kappa shape index (κ1) is 16.8. The number of aliphatic hydroxyl groups is 1. The van der Waals surface area contributed by atoms with Crippen LogP contribution in [0, 0.1) is 0 Å². The van der Waals surface area contributed by atoms with E-state index in [9.17, 15) is 16.8 Å². The molecule has 0 bridgehead atoms. The Hall–Kier alpha value is -0.610. The predicted molar refractivity (Wildman–Crippen MR) is 82.2 cm³/mol. The SMILES string of the molecule is CS(=O)(=O)C1CSCCN1S(=O)(=O)c1ccc(CO)cc1. The molecule has 1 aliphatic rings. The van der Waals surface area contributed by atoms with Crippen molar-refractivity contribution in [3.63, 3.8) is 0 Å². The van der Waals surface area contributed by atoms with E-state index in [1.54, 1.807) is 0 Å². The Morgan fingerprint density at radius 1 is 1.24 bits per heavy atom. The van der Waals surface area contributed by atoms with Crippen molar-refractivity contribution >= 4 is 31.6 Å². The second kappa shape index (κ2) is 6.25. The Morgan fingerprint density at radius 3 is 2.38 bits per heavy atom. The largest absolute Gasteiger partial charge is 0.392 e. The van der Waals surface area contributed by atoms with Crippen LogP contribution < -0.4 is 0 Å². The quantitative estimate of drug-likeness (QED) is 0.838. The molecule has 1 heterocycles. The lowest BCUT2D eigenvalue weighted by Gasteiger charge is -2.32. The fourth-order valence-electron chi connectivity index (χ4n) is 2.08. The summed E-state index contributed by atoms with van der Waals surface area (Å²) < 4.78 is 50.0. The van der Waals surface area contributed by atoms with Gasteiger partial charge in [0.15, 0.2) is 9.84 Å². The highest BCUT2D eigenvalue weighted by atomic mass is 32.2. The van der Waals surface area contributed by atoms with E-state index >= 15 is 0 Å². The molecular formula is C12H17NO5S3. The molecule has 1 unspecified atom stereocenters. The monoisotopic (exact) mass is 351 g/mol. The van der Waals surface area contributed by atoms with Gasteiger partial charge in [-0.1, -0.05) is 12.1 Å². The summed E-state index contributed by atoms with van der Waals surface area (Å²) in [6.07, 6.45) is 1.06. The van der Waals surface area contributed by atoms with Crippen molar-refractivity contribution in [1.82, 2.24) is 4.31 Å². The van der Waals surface area contributed by atoms with Crippen LogP contribution in [0.2, 0.25) is 0 Å². The molecule has 1 saturated heterocycles. The molecule has 118 valence electrons. The van der Waals surface area contributed by atoms with Crippen LogP contribution in [0.1, 0.15) is 5.56 Å². The molecule has 0 saturated carbocycles. The Balaban J connectivity index is 2.40. The molecule has 9 heteroatoms. The van der Waals surface area contributed by atoms with Crippen molar-refractivity contribution in [2.24, 2.45) is 0 Å². The van der Waals surface area contributed by atoms with Gasteiger partial charge in [0.05, 0.1) is 11.5 Å². The van der Waals surface area contributed by atoms with Gasteiger partial charge in [0.25, 0.3) is 0 Å². The summed E-state index contributed by atoms with van der Waals surface area (Å²) in [5, 5.41) is 7.96. The Labute approximate surface area is 129 Å². The Morgan fingerprint density at radius 2 is 1.86 bits per heavy atom. The van der Waals surface area contributed by atoms with E-state index in [4.69, 9.17) is 5.11 Å². The molecular weight excluding hydrogens is 334 g/mol. The Kier molecular flexibility index (Phi) is 4.99. The van der Waals surface area contributed by atoms with Gasteiger partial charge in [-0.2, -0.15) is 16.1 Å². The van der Waals surface area contributed by atoms with Gasteiger partial charge in [0.1, 0.15) is 5.37 Å². The topological polar surface area (TPSA) is 91.8 Å². The number of hydrogen-bond acceptors (Lipinski definition) is 6. The van der Waals surface area contributed by atoms with Crippen LogP contribution >= 0.6 is 11.8 Å². The second-order valence-electron chi connectivity index (χ2n) is 4.78. The third-order valence-electron chi connectivity index (χ3n) is 3.24. The minimum atomic E-state index is -3.86. The summed E-state index contributed by atoms with van der Waals surface area (Å²) >= 11 is 1.43. The normalized spacial score (nSPS) is 21.3. The number of sulfone groups is 1. The second-order valence-corrected chi connectivity index (χ2v) is 10.0. The lowest BCUT2D eigenvalue weighted by Crippen LogP contribution is -2.49. The van der Waals surface area contributed by atoms with Crippen LogP contribution in [0.4, 0.5) is 0 Å². The molecule has 6 nitrogen and oxygen atoms in total. The van der Waals surface area contributed by atoms with Crippen LogP contribution in [0.5, 0.6) is 0 Å². The van der Waals surface area contributed by atoms with Crippen LogP contribution in [0.3, 0.4) is 0 Å². The molecule has 1 N–H and O–H groups in total. The average molecular weight is 351 g/mol. The molecule has 1 fully saturated rings. The van der Waals surface area contributed by atoms with E-state index < -0.39 is 25.2 Å². The maximum atomic E-state index is 12.6. The molecule has 21 heavy (non-hydrogen) atoms. The highest BCUT2D eigenvalue weighted by Crippen LogP contribution is 2.27. The van der Waals surface area contributed by atoms with E-state index in [1.165, 1.54) is 36.0 Å². The lowest BCUT2D eigenvalue weighted by molar-refractivity contribution is 0.281. The van der Waals surface area contributed by atoms with Gasteiger partial charge in [-0.3, -0.25) is 0 Å². The van der Waals surface area contributed by atoms with Gasteiger partial charge in [0.2, 0.25) is 10.0 Å². The Bertz CT molecular complexity index is 697. The molecule has 0 radical (unpaired) electrons. The van der Waals surface area contributed by atoms with Crippen LogP contribution in [0.25, 0.3) is 0 Å². The van der Waals surface area contributed by atoms with E-state index in [0.717, 1.165) is 10.6 Å². The number of aliphatic hydroxyl groups excluding tert-OH is 1. The third kappa shape index (κ3) is 3.59. The van der Waals surface area contributed by atoms with Gasteiger partial charge in [-0.25, -0.2) is 16.8 Å². The smallest absolute Gasteiger partial charge is 0.244 e. The molecule has 2 rings (SSSR count). The number of sulfonamides is 1. The maximum absolute atomic E-state index is 12.6. The minimum absolute atomic E-state index is 0.0419. The number of rotatable bonds is 4. The van der Waals surface area contributed by atoms with Crippen LogP contribution in [-0.2, 0) is 26.5 Å². The summed E-state index contributed by atoms with van der Waals surface area (Å²) in [6.45, 7) is -0.000859. The van der Waals surface area contributed by atoms with Crippen LogP contribution in [-0.4, -0.2) is 55.9 Å². The summed E-state index contributed by atoms with van der Waals surface area (Å²) in [5.74, 6) is 0.812. The molecule has 0 aliphatic carbocycles. The number of benzene rings is 1. The molecule has 0 aromatic heterocycles. The first-order chi connectivity index (χ1) is 9.76. The zero-order valence-corrected chi connectivity index (χ0v) is 13.9. The standard InChI is InChI=1S/C12H17NO5S3/c1-20(15,16)12-9-19-7-6-13(12)21(17,18)11-4-2-10(8-14)3-5-11/h2-5,12,14H,6-9H2,1H3. The maximum Gasteiger partial charge on any atom is 0.244 e. The van der Waals surface area contributed by atoms with E-state index in [1.807, 2.05) is 0 Å². The van der Waals surface area contributed by atoms with Crippen molar-refractivity contribution in [2.75, 3.05) is 24.3 Å². The first-order valence-electron chi connectivity index (χ1n) is 6.25. The fraction of sp³-hybridized carbons (Fsp3) is 0.500. The molecule has 1 aromatic carbocycles. The van der Waals surface area contributed by atoms with E-state index in [-0.39, 0.29) is 23.8 Å². The summed E-state index contributed by atoms with van der Waals surface area (Å²) in [6, 6.07) is 5.81. The predicted octanol–water partition coefficient (Wildman–Crippen LogP) is 0.287. The fourth-order valence-corrected chi connectivity index (χ4v) is 7.25.